The number of carbonyl (C=O) groups is 3. The highest BCUT2D eigenvalue weighted by Crippen LogP contribution is 2.35. The van der Waals surface area contributed by atoms with E-state index in [0.29, 0.717) is 25.6 Å². The van der Waals surface area contributed by atoms with Crippen LogP contribution >= 0.6 is 0 Å². The van der Waals surface area contributed by atoms with Gasteiger partial charge in [-0.05, 0) is 49.3 Å². The first kappa shape index (κ1) is 22.9. The first-order valence-electron chi connectivity index (χ1n) is 10.7. The summed E-state index contributed by atoms with van der Waals surface area (Å²) in [5.41, 5.74) is 1.00. The molecule has 2 fully saturated rings. The molecule has 1 aromatic rings. The minimum Gasteiger partial charge on any atom is -0.483 e. The molecular weight excluding hydrogens is 402 g/mol. The van der Waals surface area contributed by atoms with E-state index >= 15 is 0 Å². The van der Waals surface area contributed by atoms with Gasteiger partial charge in [0.05, 0.1) is 0 Å². The molecule has 3 N–H and O–H groups in total. The molecule has 3 aliphatic rings. The van der Waals surface area contributed by atoms with Gasteiger partial charge in [-0.15, -0.1) is 0 Å². The summed E-state index contributed by atoms with van der Waals surface area (Å²) in [7, 11) is 0. The molecule has 0 bridgehead atoms. The number of carbonyl (C=O) groups excluding carboxylic acids is 2. The Kier molecular flexibility index (Phi) is 8.11. The lowest BCUT2D eigenvalue weighted by Crippen LogP contribution is -2.45. The summed E-state index contributed by atoms with van der Waals surface area (Å²) >= 11 is 0. The number of nitrogens with one attached hydrogen (secondary N) is 2. The number of hydrogen-bond acceptors (Lipinski definition) is 6. The van der Waals surface area contributed by atoms with Gasteiger partial charge in [0.25, 0.3) is 6.47 Å². The zero-order valence-corrected chi connectivity index (χ0v) is 17.8. The van der Waals surface area contributed by atoms with Crippen molar-refractivity contribution in [3.05, 3.63) is 23.8 Å². The molecule has 0 radical (unpaired) electrons. The van der Waals surface area contributed by atoms with Crippen molar-refractivity contribution in [2.24, 2.45) is 5.92 Å². The van der Waals surface area contributed by atoms with E-state index in [4.69, 9.17) is 19.4 Å². The third-order valence-corrected chi connectivity index (χ3v) is 5.87. The van der Waals surface area contributed by atoms with Crippen molar-refractivity contribution >= 4 is 18.3 Å². The summed E-state index contributed by atoms with van der Waals surface area (Å²) in [5.74, 6) is 2.33. The monoisotopic (exact) mass is 433 g/mol. The number of benzene rings is 1. The summed E-state index contributed by atoms with van der Waals surface area (Å²) in [4.78, 5) is 34.7. The molecule has 1 saturated heterocycles. The highest BCUT2D eigenvalue weighted by molar-refractivity contribution is 5.76. The van der Waals surface area contributed by atoms with Gasteiger partial charge < -0.3 is 25.2 Å². The van der Waals surface area contributed by atoms with Crippen LogP contribution in [0.2, 0.25) is 0 Å². The minimum atomic E-state index is -0.250. The molecule has 9 heteroatoms. The molecule has 2 aliphatic heterocycles. The van der Waals surface area contributed by atoms with E-state index in [2.05, 4.69) is 15.5 Å². The average Bonchev–Trinajstić information content (AvgIpc) is 3.30. The molecule has 2 amide bonds. The van der Waals surface area contributed by atoms with Gasteiger partial charge in [0.15, 0.2) is 11.5 Å². The standard InChI is InChI=1S/C21H29N3O4.CH2O2/c1-14(25)22-11-18-6-5-17(24(18)12-15-2-3-15)9-21(26)23-10-16-4-7-19-20(8-16)28-13-27-19;2-1-3/h4,7-8,15,17-18H,2-3,5-6,9-13H2,1H3,(H,22,25)(H,23,26);1H,(H,2,3)/t17-,18+;/m0./s1. The van der Waals surface area contributed by atoms with E-state index in [1.807, 2.05) is 18.2 Å². The van der Waals surface area contributed by atoms with Gasteiger partial charge >= 0.3 is 0 Å². The van der Waals surface area contributed by atoms with E-state index in [9.17, 15) is 9.59 Å². The van der Waals surface area contributed by atoms with Crippen molar-refractivity contribution in [2.75, 3.05) is 19.9 Å². The van der Waals surface area contributed by atoms with Crippen LogP contribution in [-0.2, 0) is 20.9 Å². The van der Waals surface area contributed by atoms with E-state index in [0.717, 1.165) is 42.4 Å². The number of amides is 2. The smallest absolute Gasteiger partial charge is 0.290 e. The van der Waals surface area contributed by atoms with Crippen LogP contribution in [0.25, 0.3) is 0 Å². The summed E-state index contributed by atoms with van der Waals surface area (Å²) < 4.78 is 10.7. The Morgan fingerprint density at radius 3 is 2.55 bits per heavy atom. The number of hydrogen-bond donors (Lipinski definition) is 3. The van der Waals surface area contributed by atoms with Gasteiger partial charge in [0.2, 0.25) is 18.6 Å². The number of carboxylic acid groups (broad SMARTS) is 1. The predicted molar refractivity (Wildman–Crippen MR) is 113 cm³/mol. The summed E-state index contributed by atoms with van der Waals surface area (Å²) in [5, 5.41) is 12.9. The van der Waals surface area contributed by atoms with Crippen LogP contribution in [0, 0.1) is 5.92 Å². The molecule has 2 atom stereocenters. The first-order chi connectivity index (χ1) is 15.0. The number of fused-ring (bicyclic) bond motifs is 1. The topological polar surface area (TPSA) is 117 Å². The second-order valence-electron chi connectivity index (χ2n) is 8.24. The summed E-state index contributed by atoms with van der Waals surface area (Å²) in [6.07, 6.45) is 5.12. The highest BCUT2D eigenvalue weighted by atomic mass is 16.7. The first-order valence-corrected chi connectivity index (χ1v) is 10.7. The predicted octanol–water partition coefficient (Wildman–Crippen LogP) is 1.50. The summed E-state index contributed by atoms with van der Waals surface area (Å²) in [6, 6.07) is 6.35. The molecule has 0 unspecified atom stereocenters. The molecule has 1 aliphatic carbocycles. The molecule has 1 saturated carbocycles. The Morgan fingerprint density at radius 1 is 1.13 bits per heavy atom. The largest absolute Gasteiger partial charge is 0.483 e. The molecule has 31 heavy (non-hydrogen) atoms. The van der Waals surface area contributed by atoms with Gasteiger partial charge in [0, 0.05) is 45.1 Å². The molecule has 0 spiro atoms. The molecule has 1 aromatic carbocycles. The number of ether oxygens (including phenoxy) is 2. The van der Waals surface area contributed by atoms with Crippen molar-refractivity contribution in [3.63, 3.8) is 0 Å². The second kappa shape index (κ2) is 11.0. The Labute approximate surface area is 182 Å². The van der Waals surface area contributed by atoms with E-state index in [1.165, 1.54) is 12.8 Å². The number of rotatable bonds is 8. The fourth-order valence-electron chi connectivity index (χ4n) is 4.15. The van der Waals surface area contributed by atoms with Crippen molar-refractivity contribution in [3.8, 4) is 11.5 Å². The molecule has 0 aromatic heterocycles. The van der Waals surface area contributed by atoms with Gasteiger partial charge in [-0.25, -0.2) is 0 Å². The van der Waals surface area contributed by atoms with Crippen molar-refractivity contribution < 1.29 is 29.0 Å². The third-order valence-electron chi connectivity index (χ3n) is 5.87. The lowest BCUT2D eigenvalue weighted by Gasteiger charge is -2.30. The minimum absolute atomic E-state index is 0.0105. The van der Waals surface area contributed by atoms with Crippen LogP contribution in [0.3, 0.4) is 0 Å². The SMILES string of the molecule is CC(=O)NC[C@H]1CC[C@@H](CC(=O)NCc2ccc3c(c2)OCO3)N1CC1CC1.O=CO. The zero-order chi connectivity index (χ0) is 22.2. The average molecular weight is 434 g/mol. The van der Waals surface area contributed by atoms with Crippen LogP contribution < -0.4 is 20.1 Å². The fraction of sp³-hybridized carbons (Fsp3) is 0.591. The van der Waals surface area contributed by atoms with E-state index in [1.54, 1.807) is 6.92 Å². The van der Waals surface area contributed by atoms with Crippen molar-refractivity contribution in [2.45, 2.75) is 57.7 Å². The molecule has 170 valence electrons. The fourth-order valence-corrected chi connectivity index (χ4v) is 4.15. The van der Waals surface area contributed by atoms with Gasteiger partial charge in [-0.3, -0.25) is 19.3 Å². The highest BCUT2D eigenvalue weighted by Gasteiger charge is 2.37. The molecule has 4 rings (SSSR count). The Morgan fingerprint density at radius 2 is 1.84 bits per heavy atom. The summed E-state index contributed by atoms with van der Waals surface area (Å²) in [6.45, 7) is 3.77. The molecule has 2 heterocycles. The quantitative estimate of drug-likeness (QED) is 0.532. The zero-order valence-electron chi connectivity index (χ0n) is 17.8. The van der Waals surface area contributed by atoms with Crippen LogP contribution in [0.1, 0.15) is 44.6 Å². The Balaban J connectivity index is 0.000000858. The van der Waals surface area contributed by atoms with Crippen molar-refractivity contribution in [1.29, 1.82) is 0 Å². The molecule has 9 nitrogen and oxygen atoms in total. The van der Waals surface area contributed by atoms with Crippen LogP contribution in [-0.4, -0.2) is 60.3 Å². The van der Waals surface area contributed by atoms with Crippen LogP contribution in [0.4, 0.5) is 0 Å². The maximum absolute atomic E-state index is 12.6. The lowest BCUT2D eigenvalue weighted by atomic mass is 10.1. The van der Waals surface area contributed by atoms with Gasteiger partial charge in [-0.1, -0.05) is 6.07 Å². The third kappa shape index (κ3) is 6.85. The Bertz CT molecular complexity index is 783. The van der Waals surface area contributed by atoms with E-state index in [-0.39, 0.29) is 31.1 Å². The van der Waals surface area contributed by atoms with Crippen molar-refractivity contribution in [1.82, 2.24) is 15.5 Å². The maximum Gasteiger partial charge on any atom is 0.290 e. The number of nitrogens with zero attached hydrogens (tertiary/aromatic N) is 1. The van der Waals surface area contributed by atoms with Gasteiger partial charge in [0.1, 0.15) is 0 Å². The molecular formula is C22H31N3O6. The van der Waals surface area contributed by atoms with E-state index < -0.39 is 0 Å². The lowest BCUT2D eigenvalue weighted by molar-refractivity contribution is -0.123. The van der Waals surface area contributed by atoms with Crippen LogP contribution in [0.15, 0.2) is 18.2 Å². The second-order valence-corrected chi connectivity index (χ2v) is 8.24. The normalized spacial score (nSPS) is 21.7. The van der Waals surface area contributed by atoms with Crippen LogP contribution in [0.5, 0.6) is 11.5 Å². The number of likely N-dealkylation sites (tertiary alicyclic amines) is 1. The van der Waals surface area contributed by atoms with Gasteiger partial charge in [-0.2, -0.15) is 0 Å². The Hall–Kier alpha value is -2.81. The maximum atomic E-state index is 12.6.